The van der Waals surface area contributed by atoms with E-state index in [9.17, 15) is 0 Å². The molecule has 0 amide bonds. The molecule has 1 saturated carbocycles. The Balaban J connectivity index is 1.92. The van der Waals surface area contributed by atoms with Crippen LogP contribution in [0.2, 0.25) is 0 Å². The van der Waals surface area contributed by atoms with E-state index in [1.807, 2.05) is 0 Å². The lowest BCUT2D eigenvalue weighted by Crippen LogP contribution is -2.49. The Morgan fingerprint density at radius 3 is 2.53 bits per heavy atom. The lowest BCUT2D eigenvalue weighted by atomic mass is 9.72. The van der Waals surface area contributed by atoms with Crippen LogP contribution in [0.5, 0.6) is 0 Å². The highest BCUT2D eigenvalue weighted by molar-refractivity contribution is 4.88. The molecule has 0 bridgehead atoms. The predicted octanol–water partition coefficient (Wildman–Crippen LogP) is 2.87. The summed E-state index contributed by atoms with van der Waals surface area (Å²) in [6, 6.07) is 1.21. The number of piperidine rings is 1. The van der Waals surface area contributed by atoms with Crippen molar-refractivity contribution in [1.82, 2.24) is 4.90 Å². The van der Waals surface area contributed by atoms with Crippen LogP contribution in [0.25, 0.3) is 0 Å². The fourth-order valence-electron chi connectivity index (χ4n) is 3.98. The summed E-state index contributed by atoms with van der Waals surface area (Å²) < 4.78 is 0. The van der Waals surface area contributed by atoms with Crippen LogP contribution in [0.1, 0.15) is 52.9 Å². The zero-order chi connectivity index (χ0) is 12.4. The lowest BCUT2D eigenvalue weighted by molar-refractivity contribution is 0.0789. The number of likely N-dealkylation sites (tertiary alicyclic amines) is 1. The van der Waals surface area contributed by atoms with Crippen LogP contribution in [0, 0.1) is 17.8 Å². The van der Waals surface area contributed by atoms with Crippen LogP contribution in [-0.4, -0.2) is 30.1 Å². The van der Waals surface area contributed by atoms with Gasteiger partial charge in [-0.25, -0.2) is 0 Å². The van der Waals surface area contributed by atoms with Gasteiger partial charge in [-0.1, -0.05) is 20.3 Å². The van der Waals surface area contributed by atoms with Crippen LogP contribution in [0.3, 0.4) is 0 Å². The zero-order valence-corrected chi connectivity index (χ0v) is 11.9. The summed E-state index contributed by atoms with van der Waals surface area (Å²) in [5.41, 5.74) is 6.40. The van der Waals surface area contributed by atoms with E-state index in [1.165, 1.54) is 45.2 Å². The summed E-state index contributed by atoms with van der Waals surface area (Å²) in [7, 11) is 0. The molecule has 2 heteroatoms. The third kappa shape index (κ3) is 3.23. The van der Waals surface area contributed by atoms with E-state index in [2.05, 4.69) is 25.7 Å². The van der Waals surface area contributed by atoms with Gasteiger partial charge in [0.25, 0.3) is 0 Å². The molecular weight excluding hydrogens is 208 g/mol. The first kappa shape index (κ1) is 13.4. The van der Waals surface area contributed by atoms with Crippen molar-refractivity contribution in [1.29, 1.82) is 0 Å². The third-order valence-corrected chi connectivity index (χ3v) is 5.12. The van der Waals surface area contributed by atoms with E-state index in [0.29, 0.717) is 6.04 Å². The molecule has 0 radical (unpaired) electrons. The van der Waals surface area contributed by atoms with E-state index in [4.69, 9.17) is 5.73 Å². The van der Waals surface area contributed by atoms with Crippen LogP contribution in [0.4, 0.5) is 0 Å². The molecule has 5 unspecified atom stereocenters. The number of hydrogen-bond acceptors (Lipinski definition) is 2. The van der Waals surface area contributed by atoms with Crippen molar-refractivity contribution in [3.8, 4) is 0 Å². The Morgan fingerprint density at radius 2 is 1.88 bits per heavy atom. The molecule has 100 valence electrons. The van der Waals surface area contributed by atoms with Crippen molar-refractivity contribution in [2.45, 2.75) is 65.0 Å². The minimum absolute atomic E-state index is 0.433. The van der Waals surface area contributed by atoms with Crippen molar-refractivity contribution in [2.24, 2.45) is 23.5 Å². The van der Waals surface area contributed by atoms with Gasteiger partial charge in [0, 0.05) is 18.6 Å². The van der Waals surface area contributed by atoms with Gasteiger partial charge in [0.1, 0.15) is 0 Å². The standard InChI is InChI=1S/C15H30N2/c1-11-8-12(2)14(15(16)9-11)10-17-7-5-4-6-13(17)3/h11-15H,4-10,16H2,1-3H3. The van der Waals surface area contributed by atoms with Gasteiger partial charge in [0.05, 0.1) is 0 Å². The Hall–Kier alpha value is -0.0800. The molecule has 1 heterocycles. The van der Waals surface area contributed by atoms with Crippen molar-refractivity contribution in [2.75, 3.05) is 13.1 Å². The van der Waals surface area contributed by atoms with E-state index in [0.717, 1.165) is 23.8 Å². The van der Waals surface area contributed by atoms with Crippen molar-refractivity contribution >= 4 is 0 Å². The number of hydrogen-bond donors (Lipinski definition) is 1. The maximum atomic E-state index is 6.40. The molecule has 2 aliphatic rings. The lowest BCUT2D eigenvalue weighted by Gasteiger charge is -2.43. The summed E-state index contributed by atoms with van der Waals surface area (Å²) >= 11 is 0. The minimum Gasteiger partial charge on any atom is -0.327 e. The second-order valence-electron chi connectivity index (χ2n) is 6.72. The molecular formula is C15H30N2. The molecule has 17 heavy (non-hydrogen) atoms. The maximum Gasteiger partial charge on any atom is 0.00844 e. The number of rotatable bonds is 2. The molecule has 1 saturated heterocycles. The Labute approximate surface area is 107 Å². The van der Waals surface area contributed by atoms with Gasteiger partial charge in [0.15, 0.2) is 0 Å². The van der Waals surface area contributed by atoms with E-state index in [1.54, 1.807) is 0 Å². The molecule has 2 rings (SSSR count). The zero-order valence-electron chi connectivity index (χ0n) is 11.9. The van der Waals surface area contributed by atoms with Crippen LogP contribution < -0.4 is 5.73 Å². The van der Waals surface area contributed by atoms with Gasteiger partial charge in [-0.2, -0.15) is 0 Å². The molecule has 1 aliphatic carbocycles. The highest BCUT2D eigenvalue weighted by atomic mass is 15.2. The highest BCUT2D eigenvalue weighted by Crippen LogP contribution is 2.34. The molecule has 0 aromatic carbocycles. The van der Waals surface area contributed by atoms with Crippen molar-refractivity contribution in [3.63, 3.8) is 0 Å². The van der Waals surface area contributed by atoms with Crippen LogP contribution in [0.15, 0.2) is 0 Å². The topological polar surface area (TPSA) is 29.3 Å². The van der Waals surface area contributed by atoms with E-state index >= 15 is 0 Å². The molecule has 5 atom stereocenters. The van der Waals surface area contributed by atoms with E-state index in [-0.39, 0.29) is 0 Å². The summed E-state index contributed by atoms with van der Waals surface area (Å²) in [6.07, 6.45) is 6.79. The molecule has 0 spiro atoms. The maximum absolute atomic E-state index is 6.40. The molecule has 2 fully saturated rings. The van der Waals surface area contributed by atoms with Gasteiger partial charge in [-0.05, 0) is 56.9 Å². The second-order valence-corrected chi connectivity index (χ2v) is 6.72. The van der Waals surface area contributed by atoms with Crippen molar-refractivity contribution < 1.29 is 0 Å². The second kappa shape index (κ2) is 5.71. The summed E-state index contributed by atoms with van der Waals surface area (Å²) in [5, 5.41) is 0. The van der Waals surface area contributed by atoms with E-state index < -0.39 is 0 Å². The summed E-state index contributed by atoms with van der Waals surface area (Å²) in [5.74, 6) is 2.37. The monoisotopic (exact) mass is 238 g/mol. The molecule has 2 N–H and O–H groups in total. The fraction of sp³-hybridized carbons (Fsp3) is 1.00. The normalized spacial score (nSPS) is 44.8. The number of nitrogens with zero attached hydrogens (tertiary/aromatic N) is 1. The first-order valence-electron chi connectivity index (χ1n) is 7.57. The molecule has 0 aromatic heterocycles. The van der Waals surface area contributed by atoms with Gasteiger partial charge in [-0.3, -0.25) is 0 Å². The highest BCUT2D eigenvalue weighted by Gasteiger charge is 2.34. The van der Waals surface area contributed by atoms with Crippen molar-refractivity contribution in [3.05, 3.63) is 0 Å². The van der Waals surface area contributed by atoms with Crippen LogP contribution >= 0.6 is 0 Å². The van der Waals surface area contributed by atoms with Gasteiger partial charge in [-0.15, -0.1) is 0 Å². The molecule has 2 nitrogen and oxygen atoms in total. The Bertz CT molecular complexity index is 229. The van der Waals surface area contributed by atoms with Gasteiger partial charge >= 0.3 is 0 Å². The fourth-order valence-corrected chi connectivity index (χ4v) is 3.98. The summed E-state index contributed by atoms with van der Waals surface area (Å²) in [4.78, 5) is 2.69. The number of nitrogens with two attached hydrogens (primary N) is 1. The first-order chi connectivity index (χ1) is 8.08. The first-order valence-corrected chi connectivity index (χ1v) is 7.57. The quantitative estimate of drug-likeness (QED) is 0.801. The Morgan fingerprint density at radius 1 is 1.12 bits per heavy atom. The average Bonchev–Trinajstić information content (AvgIpc) is 2.25. The predicted molar refractivity (Wildman–Crippen MR) is 73.9 cm³/mol. The minimum atomic E-state index is 0.433. The molecule has 0 aromatic rings. The SMILES string of the molecule is CC1CC(C)C(CN2CCCCC2C)C(N)C1. The average molecular weight is 238 g/mol. The summed E-state index contributed by atoms with van der Waals surface area (Å²) in [6.45, 7) is 9.70. The molecule has 1 aliphatic heterocycles. The van der Waals surface area contributed by atoms with Gasteiger partial charge < -0.3 is 10.6 Å². The van der Waals surface area contributed by atoms with Gasteiger partial charge in [0.2, 0.25) is 0 Å². The third-order valence-electron chi connectivity index (χ3n) is 5.12. The largest absolute Gasteiger partial charge is 0.327 e. The van der Waals surface area contributed by atoms with Crippen LogP contribution in [-0.2, 0) is 0 Å². The Kier molecular flexibility index (Phi) is 4.48. The smallest absolute Gasteiger partial charge is 0.00844 e.